The van der Waals surface area contributed by atoms with Crippen LogP contribution in [0, 0.1) is 20.8 Å². The van der Waals surface area contributed by atoms with E-state index in [0.717, 1.165) is 11.1 Å². The summed E-state index contributed by atoms with van der Waals surface area (Å²) >= 11 is 0. The van der Waals surface area contributed by atoms with Crippen molar-refractivity contribution in [2.24, 2.45) is 0 Å². The van der Waals surface area contributed by atoms with E-state index < -0.39 is 28.8 Å². The molecule has 0 atom stereocenters. The van der Waals surface area contributed by atoms with Gasteiger partial charge in [0.2, 0.25) is 0 Å². The lowest BCUT2D eigenvalue weighted by Gasteiger charge is -2.35. The summed E-state index contributed by atoms with van der Waals surface area (Å²) in [5, 5.41) is 0. The SMILES string of the molecule is Cc1c(CN2CCN(C(=O)OCC3c4ccccc4-c4ccccc43)CC2)c(C)c(B2OC(C)(C)C(C)(C)O2)c(C)c1OS(=O)(=O)F. The maximum atomic E-state index is 13.9. The van der Waals surface area contributed by atoms with Gasteiger partial charge >= 0.3 is 23.7 Å². The molecule has 47 heavy (non-hydrogen) atoms. The molecule has 0 N–H and O–H groups in total. The van der Waals surface area contributed by atoms with Crippen molar-refractivity contribution in [2.75, 3.05) is 32.8 Å². The average molecular weight is 665 g/mol. The fourth-order valence-electron chi connectivity index (χ4n) is 7.04. The standard InChI is InChI=1S/C35H42BFN2O7S/c1-22-29(23(2)32(44-47(37,41)42)24(3)31(22)36-45-34(4,5)35(6,7)46-36)20-38-16-18-39(19-17-38)33(40)43-21-30-27-14-10-8-12-25(27)26-13-9-11-15-28(26)30/h8-15,30H,16-21H2,1-7H3. The molecule has 0 bridgehead atoms. The van der Waals surface area contributed by atoms with Crippen molar-refractivity contribution < 1.29 is 35.3 Å². The monoisotopic (exact) mass is 664 g/mol. The fourth-order valence-corrected chi connectivity index (χ4v) is 7.49. The summed E-state index contributed by atoms with van der Waals surface area (Å²) in [6.07, 6.45) is -0.346. The Labute approximate surface area is 277 Å². The third-order valence-corrected chi connectivity index (χ3v) is 10.8. The summed E-state index contributed by atoms with van der Waals surface area (Å²) in [6.45, 7) is 15.9. The van der Waals surface area contributed by atoms with Crippen molar-refractivity contribution in [1.82, 2.24) is 9.80 Å². The molecule has 9 nitrogen and oxygen atoms in total. The van der Waals surface area contributed by atoms with E-state index in [1.807, 2.05) is 58.9 Å². The van der Waals surface area contributed by atoms with Crippen molar-refractivity contribution in [1.29, 1.82) is 0 Å². The van der Waals surface area contributed by atoms with Gasteiger partial charge in [0, 0.05) is 38.6 Å². The predicted octanol–water partition coefficient (Wildman–Crippen LogP) is 5.57. The van der Waals surface area contributed by atoms with Gasteiger partial charge in [-0.05, 0) is 98.4 Å². The minimum absolute atomic E-state index is 0.0113. The molecule has 2 heterocycles. The van der Waals surface area contributed by atoms with Crippen LogP contribution in [0.3, 0.4) is 0 Å². The van der Waals surface area contributed by atoms with E-state index in [0.29, 0.717) is 49.3 Å². The van der Waals surface area contributed by atoms with Crippen LogP contribution in [0.4, 0.5) is 8.68 Å². The van der Waals surface area contributed by atoms with E-state index >= 15 is 0 Å². The Hall–Kier alpha value is -3.45. The second-order valence-electron chi connectivity index (χ2n) is 13.7. The van der Waals surface area contributed by atoms with E-state index in [9.17, 15) is 17.1 Å². The maximum absolute atomic E-state index is 13.9. The van der Waals surface area contributed by atoms with Gasteiger partial charge in [-0.15, -0.1) is 0 Å². The molecule has 3 aromatic carbocycles. The molecule has 12 heteroatoms. The first-order valence-corrected chi connectivity index (χ1v) is 17.3. The lowest BCUT2D eigenvalue weighted by atomic mass is 9.71. The molecule has 0 saturated carbocycles. The Morgan fingerprint density at radius 2 is 1.40 bits per heavy atom. The summed E-state index contributed by atoms with van der Waals surface area (Å²) in [5.74, 6) is -0.0714. The Balaban J connectivity index is 1.16. The molecule has 0 radical (unpaired) electrons. The molecule has 0 spiro atoms. The van der Waals surface area contributed by atoms with Crippen LogP contribution in [0.5, 0.6) is 5.75 Å². The van der Waals surface area contributed by atoms with Crippen LogP contribution in [-0.2, 0) is 31.1 Å². The first-order valence-electron chi connectivity index (χ1n) is 16.0. The number of hydrogen-bond acceptors (Lipinski definition) is 8. The number of carbonyl (C=O) groups excluding carboxylic acids is 1. The van der Waals surface area contributed by atoms with Crippen LogP contribution in [-0.4, -0.2) is 75.4 Å². The number of nitrogens with zero attached hydrogens (tertiary/aromatic N) is 2. The van der Waals surface area contributed by atoms with E-state index in [2.05, 4.69) is 29.2 Å². The topological polar surface area (TPSA) is 94.6 Å². The van der Waals surface area contributed by atoms with Crippen molar-refractivity contribution in [3.8, 4) is 16.9 Å². The molecule has 6 rings (SSSR count). The van der Waals surface area contributed by atoms with Crippen LogP contribution in [0.2, 0.25) is 0 Å². The molecule has 0 unspecified atom stereocenters. The molecule has 3 aliphatic rings. The Morgan fingerprint density at radius 1 is 0.872 bits per heavy atom. The smallest absolute Gasteiger partial charge is 0.448 e. The molecule has 2 aliphatic heterocycles. The predicted molar refractivity (Wildman–Crippen MR) is 179 cm³/mol. The van der Waals surface area contributed by atoms with Gasteiger partial charge in [0.1, 0.15) is 6.61 Å². The van der Waals surface area contributed by atoms with Crippen molar-refractivity contribution in [3.63, 3.8) is 0 Å². The number of hydrogen-bond donors (Lipinski definition) is 0. The third-order valence-electron chi connectivity index (χ3n) is 10.4. The average Bonchev–Trinajstić information content (AvgIpc) is 3.44. The van der Waals surface area contributed by atoms with E-state index in [4.69, 9.17) is 18.2 Å². The zero-order valence-corrected chi connectivity index (χ0v) is 28.9. The van der Waals surface area contributed by atoms with Crippen LogP contribution >= 0.6 is 0 Å². The van der Waals surface area contributed by atoms with Gasteiger partial charge in [-0.3, -0.25) is 4.90 Å². The van der Waals surface area contributed by atoms with Crippen LogP contribution in [0.15, 0.2) is 48.5 Å². The first kappa shape index (κ1) is 33.5. The molecule has 2 saturated heterocycles. The number of carbonyl (C=O) groups is 1. The number of rotatable bonds is 7. The highest BCUT2D eigenvalue weighted by Crippen LogP contribution is 2.44. The number of ether oxygens (including phenoxy) is 1. The summed E-state index contributed by atoms with van der Waals surface area (Å²) < 4.78 is 60.8. The highest BCUT2D eigenvalue weighted by molar-refractivity contribution is 7.81. The summed E-state index contributed by atoms with van der Waals surface area (Å²) in [4.78, 5) is 17.1. The minimum Gasteiger partial charge on any atom is -0.448 e. The van der Waals surface area contributed by atoms with Gasteiger partial charge in [-0.2, -0.15) is 8.42 Å². The molecular formula is C35H42BFN2O7S. The lowest BCUT2D eigenvalue weighted by Crippen LogP contribution is -2.49. The molecule has 3 aromatic rings. The normalized spacial score (nSPS) is 19.1. The third kappa shape index (κ3) is 6.28. The summed E-state index contributed by atoms with van der Waals surface area (Å²) in [7, 11) is -6.08. The zero-order valence-electron chi connectivity index (χ0n) is 28.1. The highest BCUT2D eigenvalue weighted by Gasteiger charge is 2.53. The molecule has 0 aromatic heterocycles. The van der Waals surface area contributed by atoms with Crippen LogP contribution < -0.4 is 9.65 Å². The van der Waals surface area contributed by atoms with Gasteiger partial charge in [-0.1, -0.05) is 52.4 Å². The van der Waals surface area contributed by atoms with Crippen molar-refractivity contribution in [3.05, 3.63) is 81.9 Å². The number of halogens is 1. The van der Waals surface area contributed by atoms with Gasteiger partial charge < -0.3 is 23.1 Å². The number of amides is 1. The lowest BCUT2D eigenvalue weighted by molar-refractivity contribution is 0.00578. The van der Waals surface area contributed by atoms with Gasteiger partial charge in [0.25, 0.3) is 0 Å². The highest BCUT2D eigenvalue weighted by atomic mass is 32.3. The molecular weight excluding hydrogens is 622 g/mol. The number of piperazine rings is 1. The van der Waals surface area contributed by atoms with Crippen LogP contribution in [0.1, 0.15) is 67.0 Å². The van der Waals surface area contributed by atoms with Crippen molar-refractivity contribution in [2.45, 2.75) is 72.1 Å². The Morgan fingerprint density at radius 3 is 1.94 bits per heavy atom. The summed E-state index contributed by atoms with van der Waals surface area (Å²) in [5.41, 5.74) is 6.68. The zero-order chi connectivity index (χ0) is 33.9. The van der Waals surface area contributed by atoms with Crippen LogP contribution in [0.25, 0.3) is 11.1 Å². The maximum Gasteiger partial charge on any atom is 0.495 e. The molecule has 1 aliphatic carbocycles. The summed E-state index contributed by atoms with van der Waals surface area (Å²) in [6, 6.07) is 16.5. The minimum atomic E-state index is -5.29. The Kier molecular flexibility index (Phi) is 8.70. The van der Waals surface area contributed by atoms with E-state index in [1.54, 1.807) is 18.7 Å². The first-order chi connectivity index (χ1) is 22.1. The largest absolute Gasteiger partial charge is 0.495 e. The molecule has 2 fully saturated rings. The van der Waals surface area contributed by atoms with Gasteiger partial charge in [0.15, 0.2) is 5.75 Å². The van der Waals surface area contributed by atoms with Gasteiger partial charge in [0.05, 0.1) is 11.2 Å². The molecule has 1 amide bonds. The number of fused-ring (bicyclic) bond motifs is 3. The van der Waals surface area contributed by atoms with Crippen molar-refractivity contribution >= 4 is 29.2 Å². The van der Waals surface area contributed by atoms with E-state index in [1.165, 1.54) is 22.3 Å². The second-order valence-corrected chi connectivity index (χ2v) is 14.7. The fraction of sp³-hybridized carbons (Fsp3) is 0.457. The van der Waals surface area contributed by atoms with E-state index in [-0.39, 0.29) is 24.4 Å². The number of benzene rings is 3. The van der Waals surface area contributed by atoms with Gasteiger partial charge in [-0.25, -0.2) is 4.79 Å². The quantitative estimate of drug-likeness (QED) is 0.239. The Bertz CT molecular complexity index is 1760. The molecule has 250 valence electrons. The second kappa shape index (κ2) is 12.2.